The maximum absolute atomic E-state index is 8.19. The first kappa shape index (κ1) is 14.7. The lowest BCUT2D eigenvalue weighted by atomic mass is 9.87. The third-order valence-electron chi connectivity index (χ3n) is 3.17. The summed E-state index contributed by atoms with van der Waals surface area (Å²) in [7, 11) is 1.96. The van der Waals surface area contributed by atoms with Crippen molar-refractivity contribution >= 4 is 11.5 Å². The van der Waals surface area contributed by atoms with Crippen molar-refractivity contribution in [2.24, 2.45) is 5.41 Å². The summed E-state index contributed by atoms with van der Waals surface area (Å²) in [6.07, 6.45) is 0. The van der Waals surface area contributed by atoms with E-state index in [-0.39, 0.29) is 10.8 Å². The Hall–Kier alpha value is -1.31. The van der Waals surface area contributed by atoms with Crippen molar-refractivity contribution in [1.82, 2.24) is 0 Å². The second-order valence-electron chi connectivity index (χ2n) is 6.95. The van der Waals surface area contributed by atoms with Crippen LogP contribution in [0.4, 0.5) is 5.69 Å². The van der Waals surface area contributed by atoms with E-state index >= 15 is 0 Å². The van der Waals surface area contributed by atoms with E-state index in [9.17, 15) is 0 Å². The molecule has 2 nitrogen and oxygen atoms in total. The Bertz CT molecular complexity index is 416. The first-order valence-corrected chi connectivity index (χ1v) is 6.47. The second-order valence-corrected chi connectivity index (χ2v) is 6.95. The van der Waals surface area contributed by atoms with Gasteiger partial charge < -0.3 is 4.90 Å². The fourth-order valence-electron chi connectivity index (χ4n) is 1.82. The van der Waals surface area contributed by atoms with Gasteiger partial charge in [0.15, 0.2) is 0 Å². The highest BCUT2D eigenvalue weighted by Crippen LogP contribution is 2.26. The molecule has 0 radical (unpaired) electrons. The van der Waals surface area contributed by atoms with E-state index in [1.807, 2.05) is 11.9 Å². The van der Waals surface area contributed by atoms with Crippen LogP contribution in [-0.2, 0) is 5.41 Å². The Balaban J connectivity index is 2.96. The molecule has 1 N–H and O–H groups in total. The Morgan fingerprint density at radius 3 is 1.72 bits per heavy atom. The molecule has 0 spiro atoms. The van der Waals surface area contributed by atoms with Gasteiger partial charge in [-0.3, -0.25) is 5.41 Å². The van der Waals surface area contributed by atoms with Gasteiger partial charge in [0, 0.05) is 18.2 Å². The molecule has 0 atom stereocenters. The van der Waals surface area contributed by atoms with Crippen LogP contribution in [0.5, 0.6) is 0 Å². The second kappa shape index (κ2) is 4.75. The van der Waals surface area contributed by atoms with E-state index in [0.717, 1.165) is 5.69 Å². The van der Waals surface area contributed by atoms with Gasteiger partial charge in [-0.25, -0.2) is 0 Å². The number of hydrogen-bond donors (Lipinski definition) is 1. The molecule has 0 bridgehead atoms. The first-order chi connectivity index (χ1) is 8.03. The van der Waals surface area contributed by atoms with Gasteiger partial charge >= 0.3 is 0 Å². The zero-order valence-electron chi connectivity index (χ0n) is 12.8. The van der Waals surface area contributed by atoms with Crippen LogP contribution < -0.4 is 4.90 Å². The maximum Gasteiger partial charge on any atom is 0.105 e. The summed E-state index contributed by atoms with van der Waals surface area (Å²) in [6, 6.07) is 8.51. The molecule has 0 aromatic heterocycles. The molecular formula is C16H26N2. The minimum atomic E-state index is -0.128. The topological polar surface area (TPSA) is 27.1 Å². The molecule has 0 saturated carbocycles. The summed E-state index contributed by atoms with van der Waals surface area (Å²) in [5, 5.41) is 8.19. The summed E-state index contributed by atoms with van der Waals surface area (Å²) in [4.78, 5) is 1.95. The Labute approximate surface area is 112 Å². The van der Waals surface area contributed by atoms with Crippen LogP contribution in [0.1, 0.15) is 47.1 Å². The van der Waals surface area contributed by atoms with Gasteiger partial charge in [-0.05, 0) is 23.1 Å². The molecule has 1 rings (SSSR count). The highest BCUT2D eigenvalue weighted by molar-refractivity contribution is 5.98. The molecule has 1 aromatic rings. The summed E-state index contributed by atoms with van der Waals surface area (Å²) in [6.45, 7) is 12.8. The van der Waals surface area contributed by atoms with Crippen molar-refractivity contribution in [2.75, 3.05) is 11.9 Å². The van der Waals surface area contributed by atoms with Gasteiger partial charge in [0.25, 0.3) is 0 Å². The molecule has 18 heavy (non-hydrogen) atoms. The molecule has 0 unspecified atom stereocenters. The smallest absolute Gasteiger partial charge is 0.105 e. The molecule has 0 heterocycles. The monoisotopic (exact) mass is 246 g/mol. The minimum absolute atomic E-state index is 0.128. The maximum atomic E-state index is 8.19. The molecule has 0 saturated heterocycles. The number of hydrogen-bond acceptors (Lipinski definition) is 1. The van der Waals surface area contributed by atoms with Crippen molar-refractivity contribution < 1.29 is 0 Å². The summed E-state index contributed by atoms with van der Waals surface area (Å²) < 4.78 is 0. The molecule has 2 heteroatoms. The number of amidine groups is 1. The molecule has 0 aliphatic rings. The van der Waals surface area contributed by atoms with Crippen molar-refractivity contribution in [2.45, 2.75) is 47.0 Å². The van der Waals surface area contributed by atoms with Crippen molar-refractivity contribution in [3.8, 4) is 0 Å². The first-order valence-electron chi connectivity index (χ1n) is 6.47. The van der Waals surface area contributed by atoms with Gasteiger partial charge in [-0.15, -0.1) is 0 Å². The fourth-order valence-corrected chi connectivity index (χ4v) is 1.82. The molecular weight excluding hydrogens is 220 g/mol. The van der Waals surface area contributed by atoms with Crippen molar-refractivity contribution in [3.05, 3.63) is 29.8 Å². The van der Waals surface area contributed by atoms with E-state index < -0.39 is 0 Å². The average molecular weight is 246 g/mol. The summed E-state index contributed by atoms with van der Waals surface area (Å²) in [5.74, 6) is 0.631. The standard InChI is InChI=1S/C16H26N2/c1-15(2,3)12-8-10-13(11-9-12)18(7)14(17)16(4,5)6/h8-11,17H,1-7H3. The number of benzene rings is 1. The average Bonchev–Trinajstić information content (AvgIpc) is 2.25. The van der Waals surface area contributed by atoms with Crippen LogP contribution >= 0.6 is 0 Å². The summed E-state index contributed by atoms with van der Waals surface area (Å²) >= 11 is 0. The number of nitrogens with one attached hydrogen (secondary N) is 1. The SMILES string of the molecule is CN(C(=N)C(C)(C)C)c1ccc(C(C)(C)C)cc1. The van der Waals surface area contributed by atoms with E-state index in [1.54, 1.807) is 0 Å². The Kier molecular flexibility index (Phi) is 3.89. The summed E-state index contributed by atoms with van der Waals surface area (Å²) in [5.41, 5.74) is 2.44. The van der Waals surface area contributed by atoms with E-state index in [2.05, 4.69) is 65.8 Å². The number of anilines is 1. The van der Waals surface area contributed by atoms with Gasteiger partial charge in [0.05, 0.1) is 0 Å². The lowest BCUT2D eigenvalue weighted by molar-refractivity contribution is 0.576. The minimum Gasteiger partial charge on any atom is -0.333 e. The van der Waals surface area contributed by atoms with E-state index in [0.29, 0.717) is 5.84 Å². The van der Waals surface area contributed by atoms with Gasteiger partial charge in [0.2, 0.25) is 0 Å². The van der Waals surface area contributed by atoms with Gasteiger partial charge in [-0.1, -0.05) is 53.7 Å². The lowest BCUT2D eigenvalue weighted by Gasteiger charge is -2.30. The van der Waals surface area contributed by atoms with Crippen LogP contribution in [0.2, 0.25) is 0 Å². The zero-order chi connectivity index (χ0) is 14.1. The third kappa shape index (κ3) is 3.34. The molecule has 1 aromatic carbocycles. The van der Waals surface area contributed by atoms with Crippen LogP contribution in [0, 0.1) is 10.8 Å². The quantitative estimate of drug-likeness (QED) is 0.575. The predicted octanol–water partition coefficient (Wildman–Crippen LogP) is 4.44. The zero-order valence-corrected chi connectivity index (χ0v) is 12.8. The molecule has 0 aliphatic carbocycles. The number of nitrogens with zero attached hydrogens (tertiary/aromatic N) is 1. The Morgan fingerprint density at radius 2 is 1.39 bits per heavy atom. The normalized spacial score (nSPS) is 12.4. The van der Waals surface area contributed by atoms with E-state index in [1.165, 1.54) is 5.56 Å². The third-order valence-corrected chi connectivity index (χ3v) is 3.17. The van der Waals surface area contributed by atoms with Crippen LogP contribution in [0.3, 0.4) is 0 Å². The van der Waals surface area contributed by atoms with Gasteiger partial charge in [0.1, 0.15) is 5.84 Å². The molecule has 0 fully saturated rings. The van der Waals surface area contributed by atoms with Crippen LogP contribution in [-0.4, -0.2) is 12.9 Å². The fraction of sp³-hybridized carbons (Fsp3) is 0.562. The molecule has 0 amide bonds. The predicted molar refractivity (Wildman–Crippen MR) is 80.7 cm³/mol. The van der Waals surface area contributed by atoms with Gasteiger partial charge in [-0.2, -0.15) is 0 Å². The van der Waals surface area contributed by atoms with Crippen molar-refractivity contribution in [3.63, 3.8) is 0 Å². The molecule has 100 valence electrons. The molecule has 0 aliphatic heterocycles. The highest BCUT2D eigenvalue weighted by atomic mass is 15.2. The lowest BCUT2D eigenvalue weighted by Crippen LogP contribution is -2.36. The highest BCUT2D eigenvalue weighted by Gasteiger charge is 2.22. The van der Waals surface area contributed by atoms with Crippen LogP contribution in [0.25, 0.3) is 0 Å². The number of rotatable bonds is 1. The van der Waals surface area contributed by atoms with E-state index in [4.69, 9.17) is 5.41 Å². The van der Waals surface area contributed by atoms with Crippen LogP contribution in [0.15, 0.2) is 24.3 Å². The Morgan fingerprint density at radius 1 is 0.944 bits per heavy atom. The largest absolute Gasteiger partial charge is 0.333 e. The van der Waals surface area contributed by atoms with Crippen molar-refractivity contribution in [1.29, 1.82) is 5.41 Å².